The Bertz CT molecular complexity index is 2000. The number of phenolic OH excluding ortho intramolecular Hbond substituents is 1. The van der Waals surface area contributed by atoms with Crippen molar-refractivity contribution in [2.45, 2.75) is 110 Å². The fourth-order valence-corrected chi connectivity index (χ4v) is 7.06. The fourth-order valence-electron chi connectivity index (χ4n) is 7.06. The highest BCUT2D eigenvalue weighted by molar-refractivity contribution is 5.99. The maximum Gasteiger partial charge on any atom is 0.325 e. The summed E-state index contributed by atoms with van der Waals surface area (Å²) in [6.07, 6.45) is 11.3. The van der Waals surface area contributed by atoms with Crippen LogP contribution in [0, 0.1) is 17.8 Å². The number of benzene rings is 1. The zero-order valence-electron chi connectivity index (χ0n) is 35.9. The van der Waals surface area contributed by atoms with E-state index >= 15 is 0 Å². The second-order valence-electron chi connectivity index (χ2n) is 16.1. The molecule has 7 N–H and O–H groups in total. The number of ketones is 1. The molecule has 3 heterocycles. The van der Waals surface area contributed by atoms with Gasteiger partial charge in [-0.05, 0) is 74.4 Å². The Balaban J connectivity index is 1.70. The van der Waals surface area contributed by atoms with Crippen molar-refractivity contribution in [3.63, 3.8) is 0 Å². The Kier molecular flexibility index (Phi) is 18.8. The van der Waals surface area contributed by atoms with Crippen molar-refractivity contribution in [2.24, 2.45) is 17.8 Å². The lowest BCUT2D eigenvalue weighted by molar-refractivity contribution is -0.156. The number of hydrogen-bond acceptors (Lipinski definition) is 12. The first kappa shape index (κ1) is 48.7. The summed E-state index contributed by atoms with van der Waals surface area (Å²) in [5, 5.41) is 42.3. The van der Waals surface area contributed by atoms with E-state index in [1.54, 1.807) is 82.5 Å². The number of amides is 4. The maximum atomic E-state index is 14.3. The van der Waals surface area contributed by atoms with Crippen LogP contribution in [-0.2, 0) is 39.9 Å². The van der Waals surface area contributed by atoms with Gasteiger partial charge in [0, 0.05) is 44.0 Å². The summed E-state index contributed by atoms with van der Waals surface area (Å²) in [5.74, 6) is -5.85. The number of ether oxygens (including phenoxy) is 1. The van der Waals surface area contributed by atoms with E-state index in [0.717, 1.165) is 0 Å². The maximum absolute atomic E-state index is 14.3. The molecule has 1 aromatic carbocycles. The Hall–Kier alpha value is -5.97. The summed E-state index contributed by atoms with van der Waals surface area (Å²) in [4.78, 5) is 84.8. The molecule has 0 spiro atoms. The number of aromatic nitrogens is 1. The van der Waals surface area contributed by atoms with Crippen LogP contribution in [0.5, 0.6) is 5.75 Å². The number of Topliss-reactive ketones (excluding diaryl/α,β-unsaturated/α-hetero) is 1. The van der Waals surface area contributed by atoms with Crippen LogP contribution < -0.4 is 21.4 Å². The van der Waals surface area contributed by atoms with E-state index in [1.807, 2.05) is 0 Å². The molecule has 4 rings (SSSR count). The van der Waals surface area contributed by atoms with Gasteiger partial charge in [0.1, 0.15) is 35.8 Å². The third-order valence-electron chi connectivity index (χ3n) is 10.8. The third-order valence-corrected chi connectivity index (χ3v) is 10.8. The number of esters is 1. The lowest BCUT2D eigenvalue weighted by Crippen LogP contribution is -2.62. The fraction of sp³-hybridized carbons (Fsp3) is 0.457. The molecule has 0 saturated carbocycles. The molecule has 1 fully saturated rings. The molecule has 16 heteroatoms. The number of anilines is 1. The summed E-state index contributed by atoms with van der Waals surface area (Å²) >= 11 is 0. The highest BCUT2D eigenvalue weighted by Gasteiger charge is 2.38. The number of pyridine rings is 1. The van der Waals surface area contributed by atoms with Crippen molar-refractivity contribution in [1.82, 2.24) is 26.1 Å². The molecule has 0 radical (unpaired) electrons. The van der Waals surface area contributed by atoms with Crippen LogP contribution in [0.2, 0.25) is 0 Å². The predicted octanol–water partition coefficient (Wildman–Crippen LogP) is 3.36. The topological polar surface area (TPSA) is 237 Å². The van der Waals surface area contributed by atoms with Gasteiger partial charge >= 0.3 is 5.97 Å². The smallest absolute Gasteiger partial charge is 0.325 e. The molecule has 62 heavy (non-hydrogen) atoms. The largest absolute Gasteiger partial charge is 0.508 e. The summed E-state index contributed by atoms with van der Waals surface area (Å²) in [5.41, 5.74) is 4.63. The third kappa shape index (κ3) is 14.9. The zero-order valence-corrected chi connectivity index (χ0v) is 35.9. The van der Waals surface area contributed by atoms with Gasteiger partial charge in [0.2, 0.25) is 17.7 Å². The molecular formula is C46H60N6O10. The minimum atomic E-state index is -1.43. The Morgan fingerprint density at radius 1 is 1.05 bits per heavy atom. The lowest BCUT2D eigenvalue weighted by Gasteiger charge is -2.36. The van der Waals surface area contributed by atoms with Gasteiger partial charge in [0.25, 0.3) is 5.91 Å². The van der Waals surface area contributed by atoms with Crippen LogP contribution in [0.4, 0.5) is 5.69 Å². The molecule has 1 aromatic heterocycles. The normalized spacial score (nSPS) is 27.3. The van der Waals surface area contributed by atoms with Gasteiger partial charge < -0.3 is 40.8 Å². The molecule has 2 aromatic rings. The molecule has 0 aliphatic carbocycles. The number of aliphatic hydroxyl groups is 2. The second-order valence-corrected chi connectivity index (χ2v) is 16.1. The molecule has 2 bridgehead atoms. The van der Waals surface area contributed by atoms with Gasteiger partial charge in [-0.1, -0.05) is 69.4 Å². The highest BCUT2D eigenvalue weighted by Crippen LogP contribution is 2.24. The summed E-state index contributed by atoms with van der Waals surface area (Å²) < 4.78 is 6.04. The summed E-state index contributed by atoms with van der Waals surface area (Å²) in [6, 6.07) is 6.25. The van der Waals surface area contributed by atoms with Crippen LogP contribution in [-0.4, -0.2) is 104 Å². The van der Waals surface area contributed by atoms with Crippen LogP contribution in [0.1, 0.15) is 72.3 Å². The number of aliphatic hydroxyl groups excluding tert-OH is 2. The molecule has 4 amide bonds. The average molecular weight is 857 g/mol. The molecular weight excluding hydrogens is 797 g/mol. The quantitative estimate of drug-likeness (QED) is 0.104. The Labute approximate surface area is 362 Å². The molecule has 1 unspecified atom stereocenters. The number of fused-ring (bicyclic) bond motifs is 2. The van der Waals surface area contributed by atoms with Gasteiger partial charge in [0.05, 0.1) is 30.0 Å². The number of carbonyl (C=O) groups excluding carboxylic acids is 6. The van der Waals surface area contributed by atoms with Crippen molar-refractivity contribution >= 4 is 41.1 Å². The van der Waals surface area contributed by atoms with Crippen molar-refractivity contribution in [3.05, 3.63) is 102 Å². The lowest BCUT2D eigenvalue weighted by atomic mass is 9.84. The number of cyclic esters (lactones) is 1. The average Bonchev–Trinajstić information content (AvgIpc) is 3.23. The summed E-state index contributed by atoms with van der Waals surface area (Å²) in [7, 11) is 0. The first-order chi connectivity index (χ1) is 29.5. The first-order valence-corrected chi connectivity index (χ1v) is 21.0. The first-order valence-electron chi connectivity index (χ1n) is 21.0. The van der Waals surface area contributed by atoms with E-state index in [-0.39, 0.29) is 43.8 Å². The van der Waals surface area contributed by atoms with Crippen molar-refractivity contribution < 1.29 is 48.8 Å². The Morgan fingerprint density at radius 2 is 1.82 bits per heavy atom. The van der Waals surface area contributed by atoms with Crippen LogP contribution >= 0.6 is 0 Å². The van der Waals surface area contributed by atoms with Gasteiger partial charge in [-0.15, -0.1) is 0 Å². The molecule has 1 saturated heterocycles. The Morgan fingerprint density at radius 3 is 2.52 bits per heavy atom. The number of allylic oxidation sites excluding steroid dienone is 4. The number of hydrazine groups is 1. The van der Waals surface area contributed by atoms with Crippen molar-refractivity contribution in [1.29, 1.82) is 0 Å². The minimum Gasteiger partial charge on any atom is -0.508 e. The van der Waals surface area contributed by atoms with E-state index in [9.17, 15) is 44.1 Å². The van der Waals surface area contributed by atoms with E-state index in [4.69, 9.17) is 4.74 Å². The van der Waals surface area contributed by atoms with Gasteiger partial charge in [-0.25, -0.2) is 5.43 Å². The van der Waals surface area contributed by atoms with Crippen LogP contribution in [0.25, 0.3) is 0 Å². The number of phenols is 1. The second kappa shape index (κ2) is 23.9. The molecule has 2 aliphatic rings. The summed E-state index contributed by atoms with van der Waals surface area (Å²) in [6.45, 7) is 8.27. The number of rotatable bonds is 10. The minimum absolute atomic E-state index is 0.0343. The van der Waals surface area contributed by atoms with Gasteiger partial charge in [0.15, 0.2) is 0 Å². The van der Waals surface area contributed by atoms with Gasteiger partial charge in [-0.2, -0.15) is 0 Å². The molecule has 16 nitrogen and oxygen atoms in total. The van der Waals surface area contributed by atoms with Crippen LogP contribution in [0.15, 0.2) is 96.9 Å². The van der Waals surface area contributed by atoms with E-state index in [1.165, 1.54) is 48.5 Å². The molecule has 334 valence electrons. The number of nitrogens with zero attached hydrogens (tertiary/aromatic N) is 2. The SMILES string of the molecule is CC(=O)CC[C@H]1C(=O)N[C@@H](C(C)C)C(=O)N[C@@H](Cc2cccc(O)c2)C(=O)N2CCCC(N2)C(=O)O[C@H](/C(C)=C/C=C/C(=O)Nc2cccnc2)C/C=C/C=C/[C@H](O)[C@H](C)[C@H]1O. The highest BCUT2D eigenvalue weighted by atomic mass is 16.5. The monoisotopic (exact) mass is 856 g/mol. The zero-order chi connectivity index (χ0) is 45.3. The number of carbonyl (C=O) groups is 6. The van der Waals surface area contributed by atoms with Crippen molar-refractivity contribution in [2.75, 3.05) is 11.9 Å². The number of aromatic hydroxyl groups is 1. The van der Waals surface area contributed by atoms with E-state index < -0.39 is 83.8 Å². The van der Waals surface area contributed by atoms with E-state index in [2.05, 4.69) is 26.4 Å². The van der Waals surface area contributed by atoms with E-state index in [0.29, 0.717) is 29.7 Å². The molecule has 2 aliphatic heterocycles. The predicted molar refractivity (Wildman–Crippen MR) is 232 cm³/mol. The van der Waals surface area contributed by atoms with Crippen LogP contribution in [0.3, 0.4) is 0 Å². The standard InChI is InChI=1S/C46H60N6O10/c1-28(2)41-44(59)49-37(26-32-14-10-16-34(54)25-32)45(60)52-24-12-17-36(51-52)46(61)62-39(29(3)13-9-20-40(56)48-33-15-11-23-47-27-33)19-8-6-7-18-38(55)31(5)42(57)35(43(58)50-41)22-21-30(4)53/h6-11,13-16,18,20,23,25,27-28,31,35-39,41-42,51,54-55,57H,12,17,19,21-22,24,26H2,1-5H3,(H,48,56)(H,49,59)(H,50,58)/b8-6+,18-7+,20-9+,29-13+/t31-,35+,36?,37-,38-,39-,41-,42+/m0/s1. The molecule has 8 atom stereocenters. The number of hydrogen-bond donors (Lipinski definition) is 7. The van der Waals surface area contributed by atoms with Gasteiger partial charge in [-0.3, -0.25) is 34.0 Å². The number of nitrogens with one attached hydrogen (secondary N) is 4. The van der Waals surface area contributed by atoms with Crippen molar-refractivity contribution in [3.8, 4) is 5.75 Å².